The second kappa shape index (κ2) is 8.15. The van der Waals surface area contributed by atoms with Crippen molar-refractivity contribution in [2.24, 2.45) is 38.9 Å². The normalized spacial score (nSPS) is 47.8. The van der Waals surface area contributed by atoms with Crippen LogP contribution in [-0.4, -0.2) is 36.2 Å². The lowest BCUT2D eigenvalue weighted by molar-refractivity contribution is -0.239. The van der Waals surface area contributed by atoms with E-state index in [1.807, 2.05) is 27.7 Å². The van der Waals surface area contributed by atoms with Gasteiger partial charge in [0.05, 0.1) is 5.57 Å². The molecule has 9 heteroatoms. The topological polar surface area (TPSA) is 148 Å². The largest absolute Gasteiger partial charge is 0.381 e. The van der Waals surface area contributed by atoms with Crippen molar-refractivity contribution in [1.82, 2.24) is 4.72 Å². The summed E-state index contributed by atoms with van der Waals surface area (Å²) in [5.74, 6) is -1.17. The van der Waals surface area contributed by atoms with Crippen molar-refractivity contribution in [3.8, 4) is 11.5 Å². The van der Waals surface area contributed by atoms with Crippen molar-refractivity contribution in [2.75, 3.05) is 0 Å². The maximum atomic E-state index is 14.4. The summed E-state index contributed by atoms with van der Waals surface area (Å²) in [5, 5.41) is 33.2. The van der Waals surface area contributed by atoms with Crippen LogP contribution in [-0.2, 0) is 19.6 Å². The first-order valence-electron chi connectivity index (χ1n) is 14.3. The van der Waals surface area contributed by atoms with E-state index in [1.54, 1.807) is 19.1 Å². The number of rotatable bonds is 2. The van der Waals surface area contributed by atoms with Crippen LogP contribution in [0.15, 0.2) is 23.3 Å². The molecule has 5 aliphatic carbocycles. The lowest BCUT2D eigenvalue weighted by atomic mass is 9.33. The predicted molar refractivity (Wildman–Crippen MR) is 148 cm³/mol. The number of fused-ring (bicyclic) bond motifs is 7. The summed E-state index contributed by atoms with van der Waals surface area (Å²) < 4.78 is 27.1. The van der Waals surface area contributed by atoms with Gasteiger partial charge in [0.2, 0.25) is 5.40 Å². The molecule has 0 aliphatic heterocycles. The summed E-state index contributed by atoms with van der Waals surface area (Å²) in [6, 6.07) is 2.11. The molecule has 2 N–H and O–H groups in total. The molecule has 0 heterocycles. The van der Waals surface area contributed by atoms with Gasteiger partial charge in [-0.15, -0.1) is 0 Å². The number of sulfonamides is 1. The molecule has 0 radical (unpaired) electrons. The third kappa shape index (κ3) is 3.38. The van der Waals surface area contributed by atoms with Crippen LogP contribution >= 0.6 is 0 Å². The molecular weight excluding hydrogens is 526 g/mol. The Bertz CT molecular complexity index is 1480. The van der Waals surface area contributed by atoms with Gasteiger partial charge >= 0.3 is 10.0 Å². The molecule has 0 bridgehead atoms. The third-order valence-corrected chi connectivity index (χ3v) is 13.8. The summed E-state index contributed by atoms with van der Waals surface area (Å²) in [5.41, 5.74) is -5.04. The Morgan fingerprint density at radius 1 is 0.950 bits per heavy atom. The smallest absolute Gasteiger partial charge is 0.305 e. The number of nitrogens with one attached hydrogen (secondary N) is 1. The van der Waals surface area contributed by atoms with Crippen LogP contribution in [0.1, 0.15) is 93.4 Å². The number of aliphatic hydroxyl groups is 1. The molecule has 8 atom stereocenters. The molecule has 8 nitrogen and oxygen atoms in total. The number of carbonyl (C=O) groups is 2. The number of hydrogen-bond donors (Lipinski definition) is 2. The Morgan fingerprint density at radius 2 is 1.57 bits per heavy atom. The Hall–Kier alpha value is -2.33. The number of thiocyanates is 1. The molecule has 0 aromatic carbocycles. The molecule has 0 spiro atoms. The fraction of sp³-hybridized carbons (Fsp3) is 0.742. The molecule has 5 rings (SSSR count). The lowest BCUT2D eigenvalue weighted by Gasteiger charge is -2.71. The quantitative estimate of drug-likeness (QED) is 0.369. The van der Waals surface area contributed by atoms with Crippen LogP contribution < -0.4 is 4.72 Å². The van der Waals surface area contributed by atoms with Gasteiger partial charge < -0.3 is 5.11 Å². The lowest BCUT2D eigenvalue weighted by Crippen LogP contribution is -2.74. The summed E-state index contributed by atoms with van der Waals surface area (Å²) in [6.45, 7) is 13.8. The van der Waals surface area contributed by atoms with Crippen molar-refractivity contribution in [1.29, 1.82) is 10.5 Å². The minimum absolute atomic E-state index is 0.0984. The summed E-state index contributed by atoms with van der Waals surface area (Å²) in [7, 11) is -4.17. The molecule has 5 aliphatic rings. The highest BCUT2D eigenvalue weighted by molar-refractivity contribution is 7.94. The van der Waals surface area contributed by atoms with Gasteiger partial charge in [-0.2, -0.15) is 23.7 Å². The van der Waals surface area contributed by atoms with E-state index in [1.165, 1.54) is 5.40 Å². The number of nitrogens with zero attached hydrogens (tertiary/aromatic N) is 2. The van der Waals surface area contributed by atoms with Gasteiger partial charge in [0.1, 0.15) is 11.7 Å². The van der Waals surface area contributed by atoms with Crippen LogP contribution in [0.4, 0.5) is 0 Å². The van der Waals surface area contributed by atoms with Gasteiger partial charge in [-0.25, -0.2) is 0 Å². The van der Waals surface area contributed by atoms with Crippen molar-refractivity contribution >= 4 is 21.6 Å². The molecule has 40 heavy (non-hydrogen) atoms. The van der Waals surface area contributed by atoms with Crippen LogP contribution in [0.2, 0.25) is 0 Å². The molecule has 0 aromatic rings. The highest BCUT2D eigenvalue weighted by Crippen LogP contribution is 2.75. The average molecular weight is 568 g/mol. The summed E-state index contributed by atoms with van der Waals surface area (Å²) in [6.07, 6.45) is 7.53. The highest BCUT2D eigenvalue weighted by Gasteiger charge is 2.75. The first-order valence-corrected chi connectivity index (χ1v) is 15.8. The maximum Gasteiger partial charge on any atom is 0.305 e. The van der Waals surface area contributed by atoms with Gasteiger partial charge in [0.25, 0.3) is 0 Å². The molecule has 0 unspecified atom stereocenters. The number of hydrogen-bond acceptors (Lipinski definition) is 7. The Labute approximate surface area is 237 Å². The fourth-order valence-corrected chi connectivity index (χ4v) is 11.1. The monoisotopic (exact) mass is 567 g/mol. The van der Waals surface area contributed by atoms with Crippen molar-refractivity contribution in [3.63, 3.8) is 0 Å². The van der Waals surface area contributed by atoms with Gasteiger partial charge in [-0.3, -0.25) is 9.59 Å². The zero-order chi connectivity index (χ0) is 29.9. The molecular formula is C31H41N3O5S. The second-order valence-corrected chi connectivity index (χ2v) is 16.5. The fourth-order valence-electron chi connectivity index (χ4n) is 10.2. The first-order chi connectivity index (χ1) is 18.2. The number of allylic oxidation sites excluding steroid dienone is 3. The predicted octanol–water partition coefficient (Wildman–Crippen LogP) is 4.47. The molecule has 0 aromatic heterocycles. The molecule has 0 amide bonds. The van der Waals surface area contributed by atoms with E-state index in [-0.39, 0.29) is 34.9 Å². The van der Waals surface area contributed by atoms with Crippen LogP contribution in [0.5, 0.6) is 0 Å². The summed E-state index contributed by atoms with van der Waals surface area (Å²) in [4.78, 5) is 27.6. The molecule has 3 fully saturated rings. The van der Waals surface area contributed by atoms with E-state index in [2.05, 4.69) is 24.6 Å². The second-order valence-electron chi connectivity index (χ2n) is 15.1. The summed E-state index contributed by atoms with van der Waals surface area (Å²) >= 11 is 0. The first kappa shape index (κ1) is 29.2. The van der Waals surface area contributed by atoms with E-state index in [0.717, 1.165) is 12.0 Å². The SMILES string of the molecule is CC1(C)C(=O)C(C#N)=C[C@]2(C)C3=CC(=O)[C@]4(O)[C@@H]5C[C@@](C)(NS(=O)(=O)C#N)CC[C@]5(C)CC[C@@]4(C)[C@]3(C)CC[C@@H]12. The van der Waals surface area contributed by atoms with Crippen molar-refractivity contribution < 1.29 is 23.1 Å². The molecule has 3 saturated carbocycles. The molecule has 0 saturated heterocycles. The number of ketones is 2. The van der Waals surface area contributed by atoms with Crippen molar-refractivity contribution in [3.05, 3.63) is 23.3 Å². The third-order valence-electron chi connectivity index (χ3n) is 12.8. The Kier molecular flexibility index (Phi) is 5.94. The minimum Gasteiger partial charge on any atom is -0.381 e. The zero-order valence-electron chi connectivity index (χ0n) is 24.6. The maximum absolute atomic E-state index is 14.4. The van der Waals surface area contributed by atoms with Gasteiger partial charge in [-0.1, -0.05) is 47.6 Å². The zero-order valence-corrected chi connectivity index (χ0v) is 25.5. The van der Waals surface area contributed by atoms with Gasteiger partial charge in [-0.05, 0) is 80.3 Å². The van der Waals surface area contributed by atoms with Crippen molar-refractivity contribution in [2.45, 2.75) is 105 Å². The van der Waals surface area contributed by atoms with Crippen LogP contribution in [0, 0.1) is 60.9 Å². The average Bonchev–Trinajstić information content (AvgIpc) is 2.86. The van der Waals surface area contributed by atoms with Gasteiger partial charge in [0.15, 0.2) is 11.6 Å². The van der Waals surface area contributed by atoms with E-state index in [9.17, 15) is 28.4 Å². The van der Waals surface area contributed by atoms with E-state index < -0.39 is 48.7 Å². The Balaban J connectivity index is 1.69. The molecule has 216 valence electrons. The van der Waals surface area contributed by atoms with Crippen LogP contribution in [0.3, 0.4) is 0 Å². The highest BCUT2D eigenvalue weighted by atomic mass is 32.2. The van der Waals surface area contributed by atoms with E-state index in [0.29, 0.717) is 32.1 Å². The standard InChI is InChI=1S/C31H41N3O5S/c1-25(2)20-8-9-29(6)21(28(20,5)15-19(17-32)24(25)36)14-23(35)31(37)22-16-27(4,34-40(38,39)18-33)12-10-26(22,3)11-13-30(29,31)7/h14-15,20,22,34,37H,8-13,16H2,1-7H3/t20-,22+,26+,27-,28-,29+,30-,31+/m0/s1. The van der Waals surface area contributed by atoms with E-state index >= 15 is 0 Å². The van der Waals surface area contributed by atoms with Crippen LogP contribution in [0.25, 0.3) is 0 Å². The number of nitriles is 2. The number of carbonyl (C=O) groups excluding carboxylic acids is 2. The van der Waals surface area contributed by atoms with Gasteiger partial charge in [0, 0.05) is 27.7 Å². The minimum atomic E-state index is -4.17. The van der Waals surface area contributed by atoms with E-state index in [4.69, 9.17) is 5.26 Å². The number of Topliss-reactive ketones (excluding diaryl/α,β-unsaturated/α-hetero) is 1. The Morgan fingerprint density at radius 3 is 2.17 bits per heavy atom.